The molecule has 1 aliphatic rings. The van der Waals surface area contributed by atoms with Crippen LogP contribution in [0.1, 0.15) is 48.1 Å². The molecular formula is C25H23F4N3O4. The van der Waals surface area contributed by atoms with E-state index < -0.39 is 35.8 Å². The maximum absolute atomic E-state index is 14.1. The number of carbonyl (C=O) groups excluding carboxylic acids is 1. The molecule has 3 heterocycles. The van der Waals surface area contributed by atoms with Gasteiger partial charge in [0, 0.05) is 30.2 Å². The van der Waals surface area contributed by atoms with E-state index in [0.717, 1.165) is 12.1 Å². The van der Waals surface area contributed by atoms with E-state index in [9.17, 15) is 22.4 Å². The number of hydrogen-bond acceptors (Lipinski definition) is 7. The number of aryl methyl sites for hydroxylation is 1. The highest BCUT2D eigenvalue weighted by Gasteiger charge is 2.31. The normalized spacial score (nSPS) is 17.8. The summed E-state index contributed by atoms with van der Waals surface area (Å²) >= 11 is 0. The lowest BCUT2D eigenvalue weighted by Crippen LogP contribution is -2.37. The lowest BCUT2D eigenvalue weighted by atomic mass is 9.88. The van der Waals surface area contributed by atoms with Crippen LogP contribution in [0.3, 0.4) is 0 Å². The fraction of sp³-hybridized carbons (Fsp3) is 0.360. The largest absolute Gasteiger partial charge is 0.487 e. The molecule has 0 saturated carbocycles. The van der Waals surface area contributed by atoms with Gasteiger partial charge in [-0.2, -0.15) is 8.78 Å². The average molecular weight is 505 g/mol. The molecular weight excluding hydrogens is 482 g/mol. The van der Waals surface area contributed by atoms with Crippen molar-refractivity contribution in [3.8, 4) is 17.2 Å². The molecule has 0 amide bonds. The first-order chi connectivity index (χ1) is 17.3. The standard InChI is InChI=1S/C25H23F4N3O4/c1-3-19-17(9-14(11-30-19)24-31-32-25(36-24)23(28)29)22(33)13(2)8-15-12-34-7-6-20(15)35-21-5-4-16(26)10-18(21)27/h4-5,9-11,15,20,23H,2-3,6-8,12H2,1H3. The summed E-state index contributed by atoms with van der Waals surface area (Å²) in [4.78, 5) is 17.6. The Bertz CT molecular complexity index is 1260. The molecule has 2 aromatic heterocycles. The molecule has 7 nitrogen and oxygen atoms in total. The number of hydrogen-bond donors (Lipinski definition) is 0. The van der Waals surface area contributed by atoms with E-state index in [-0.39, 0.29) is 47.3 Å². The molecule has 0 bridgehead atoms. The number of alkyl halides is 2. The third-order valence-electron chi connectivity index (χ3n) is 5.83. The number of carbonyl (C=O) groups is 1. The second-order valence-electron chi connectivity index (χ2n) is 8.31. The van der Waals surface area contributed by atoms with Gasteiger partial charge >= 0.3 is 6.43 Å². The summed E-state index contributed by atoms with van der Waals surface area (Å²) < 4.78 is 69.3. The molecule has 0 aliphatic carbocycles. The van der Waals surface area contributed by atoms with Gasteiger partial charge < -0.3 is 13.9 Å². The average Bonchev–Trinajstić information content (AvgIpc) is 3.37. The van der Waals surface area contributed by atoms with Crippen molar-refractivity contribution in [3.05, 3.63) is 71.4 Å². The number of Topliss-reactive ketones (excluding diaryl/α,β-unsaturated/α-hetero) is 1. The molecule has 1 aliphatic heterocycles. The van der Waals surface area contributed by atoms with Gasteiger partial charge in [-0.3, -0.25) is 9.78 Å². The second-order valence-corrected chi connectivity index (χ2v) is 8.31. The molecule has 190 valence electrons. The van der Waals surface area contributed by atoms with Crippen LogP contribution in [0.5, 0.6) is 5.75 Å². The molecule has 2 atom stereocenters. The second kappa shape index (κ2) is 11.0. The SMILES string of the molecule is C=C(CC1COCCC1Oc1ccc(F)cc1F)C(=O)c1cc(-c2nnc(C(F)F)o2)cnc1CC. The third-order valence-corrected chi connectivity index (χ3v) is 5.83. The van der Waals surface area contributed by atoms with E-state index in [4.69, 9.17) is 13.9 Å². The minimum absolute atomic E-state index is 0.0851. The van der Waals surface area contributed by atoms with Gasteiger partial charge in [0.25, 0.3) is 5.89 Å². The third kappa shape index (κ3) is 5.62. The summed E-state index contributed by atoms with van der Waals surface area (Å²) in [5, 5.41) is 6.91. The van der Waals surface area contributed by atoms with Gasteiger partial charge in [-0.15, -0.1) is 10.2 Å². The van der Waals surface area contributed by atoms with Crippen molar-refractivity contribution in [2.45, 2.75) is 38.7 Å². The number of rotatable bonds is 9. The fourth-order valence-corrected chi connectivity index (χ4v) is 3.98. The van der Waals surface area contributed by atoms with Gasteiger partial charge in [0.15, 0.2) is 17.3 Å². The van der Waals surface area contributed by atoms with Crippen LogP contribution in [0.4, 0.5) is 17.6 Å². The Kier molecular flexibility index (Phi) is 7.78. The van der Waals surface area contributed by atoms with Crippen molar-refractivity contribution in [2.75, 3.05) is 13.2 Å². The molecule has 0 spiro atoms. The quantitative estimate of drug-likeness (QED) is 0.215. The van der Waals surface area contributed by atoms with Crippen LogP contribution in [0.15, 0.2) is 47.0 Å². The lowest BCUT2D eigenvalue weighted by Gasteiger charge is -2.32. The molecule has 1 fully saturated rings. The fourth-order valence-electron chi connectivity index (χ4n) is 3.98. The number of ether oxygens (including phenoxy) is 2. The zero-order chi connectivity index (χ0) is 25.8. The van der Waals surface area contributed by atoms with Crippen LogP contribution >= 0.6 is 0 Å². The summed E-state index contributed by atoms with van der Waals surface area (Å²) in [5.74, 6) is -3.34. The Morgan fingerprint density at radius 1 is 1.25 bits per heavy atom. The predicted octanol–water partition coefficient (Wildman–Crippen LogP) is 5.52. The van der Waals surface area contributed by atoms with E-state index in [2.05, 4.69) is 21.8 Å². The number of pyridine rings is 1. The van der Waals surface area contributed by atoms with Crippen molar-refractivity contribution in [2.24, 2.45) is 5.92 Å². The maximum Gasteiger partial charge on any atom is 0.314 e. The summed E-state index contributed by atoms with van der Waals surface area (Å²) in [5.41, 5.74) is 1.18. The first-order valence-electron chi connectivity index (χ1n) is 11.3. The molecule has 4 rings (SSSR count). The van der Waals surface area contributed by atoms with E-state index >= 15 is 0 Å². The highest BCUT2D eigenvalue weighted by Crippen LogP contribution is 2.30. The van der Waals surface area contributed by atoms with Crippen molar-refractivity contribution >= 4 is 5.78 Å². The lowest BCUT2D eigenvalue weighted by molar-refractivity contribution is -0.0244. The van der Waals surface area contributed by atoms with E-state index in [0.29, 0.717) is 25.1 Å². The number of halogens is 4. The Morgan fingerprint density at radius 3 is 2.75 bits per heavy atom. The summed E-state index contributed by atoms with van der Waals surface area (Å²) in [7, 11) is 0. The number of benzene rings is 1. The Hall–Kier alpha value is -3.60. The summed E-state index contributed by atoms with van der Waals surface area (Å²) in [6, 6.07) is 4.53. The van der Waals surface area contributed by atoms with Gasteiger partial charge in [0.2, 0.25) is 5.89 Å². The van der Waals surface area contributed by atoms with Crippen LogP contribution in [0.25, 0.3) is 11.5 Å². The summed E-state index contributed by atoms with van der Waals surface area (Å²) in [6.45, 7) is 6.41. The first kappa shape index (κ1) is 25.5. The highest BCUT2D eigenvalue weighted by molar-refractivity contribution is 6.09. The zero-order valence-corrected chi connectivity index (χ0v) is 19.3. The van der Waals surface area contributed by atoms with Crippen LogP contribution in [-0.4, -0.2) is 40.3 Å². The number of nitrogens with zero attached hydrogens (tertiary/aromatic N) is 3. The van der Waals surface area contributed by atoms with Crippen molar-refractivity contribution < 1.29 is 36.2 Å². The van der Waals surface area contributed by atoms with E-state index in [1.54, 1.807) is 0 Å². The smallest absolute Gasteiger partial charge is 0.314 e. The molecule has 11 heteroatoms. The maximum atomic E-state index is 14.1. The Morgan fingerprint density at radius 2 is 2.06 bits per heavy atom. The van der Waals surface area contributed by atoms with Gasteiger partial charge in [-0.1, -0.05) is 13.5 Å². The monoisotopic (exact) mass is 505 g/mol. The molecule has 2 unspecified atom stereocenters. The Balaban J connectivity index is 1.52. The van der Waals surface area contributed by atoms with Crippen molar-refractivity contribution in [1.29, 1.82) is 0 Å². The van der Waals surface area contributed by atoms with Gasteiger partial charge in [-0.05, 0) is 36.6 Å². The Labute approximate surface area is 204 Å². The van der Waals surface area contributed by atoms with Crippen LogP contribution in [-0.2, 0) is 11.2 Å². The predicted molar refractivity (Wildman–Crippen MR) is 120 cm³/mol. The molecule has 1 aromatic carbocycles. The zero-order valence-electron chi connectivity index (χ0n) is 19.3. The molecule has 3 aromatic rings. The minimum Gasteiger partial charge on any atom is -0.487 e. The van der Waals surface area contributed by atoms with Crippen molar-refractivity contribution in [1.82, 2.24) is 15.2 Å². The topological polar surface area (TPSA) is 87.3 Å². The summed E-state index contributed by atoms with van der Waals surface area (Å²) in [6.07, 6.45) is -0.963. The van der Waals surface area contributed by atoms with Gasteiger partial charge in [-0.25, -0.2) is 8.78 Å². The van der Waals surface area contributed by atoms with Crippen LogP contribution < -0.4 is 4.74 Å². The first-order valence-corrected chi connectivity index (χ1v) is 11.3. The van der Waals surface area contributed by atoms with Gasteiger partial charge in [0.05, 0.1) is 24.5 Å². The molecule has 0 N–H and O–H groups in total. The van der Waals surface area contributed by atoms with Crippen LogP contribution in [0, 0.1) is 17.6 Å². The number of aromatic nitrogens is 3. The van der Waals surface area contributed by atoms with Crippen molar-refractivity contribution in [3.63, 3.8) is 0 Å². The minimum atomic E-state index is -2.92. The molecule has 1 saturated heterocycles. The highest BCUT2D eigenvalue weighted by atomic mass is 19.3. The number of allylic oxidation sites excluding steroid dienone is 1. The molecule has 36 heavy (non-hydrogen) atoms. The molecule has 0 radical (unpaired) electrons. The van der Waals surface area contributed by atoms with E-state index in [1.807, 2.05) is 6.92 Å². The van der Waals surface area contributed by atoms with Crippen LogP contribution in [0.2, 0.25) is 0 Å². The number of ketones is 1. The van der Waals surface area contributed by atoms with E-state index in [1.165, 1.54) is 18.3 Å². The van der Waals surface area contributed by atoms with Gasteiger partial charge in [0.1, 0.15) is 11.9 Å².